The molecule has 4 nitrogen and oxygen atoms in total. The molecule has 0 saturated carbocycles. The summed E-state index contributed by atoms with van der Waals surface area (Å²) in [6.45, 7) is 4.36. The molecule has 1 atom stereocenters. The van der Waals surface area contributed by atoms with Crippen molar-refractivity contribution in [1.29, 1.82) is 0 Å². The van der Waals surface area contributed by atoms with E-state index in [1.54, 1.807) is 0 Å². The van der Waals surface area contributed by atoms with Gasteiger partial charge in [-0.15, -0.1) is 0 Å². The minimum absolute atomic E-state index is 0.197. The van der Waals surface area contributed by atoms with Crippen LogP contribution in [0.3, 0.4) is 0 Å². The number of nitrogens with two attached hydrogens (primary N) is 1. The zero-order chi connectivity index (χ0) is 10.6. The third kappa shape index (κ3) is 2.96. The summed E-state index contributed by atoms with van der Waals surface area (Å²) < 4.78 is 0. The first-order valence-corrected chi connectivity index (χ1v) is 5.26. The highest BCUT2D eigenvalue weighted by Crippen LogP contribution is 2.17. The van der Waals surface area contributed by atoms with Gasteiger partial charge in [-0.3, -0.25) is 4.79 Å². The standard InChI is InChI=1S/C10H20N2O2/c1-8(4-11)2-3-10(14)12-5-9(6-12)7-13/h8-9,13H,2-7,11H2,1H3. The van der Waals surface area contributed by atoms with E-state index in [1.807, 2.05) is 4.90 Å². The molecule has 1 unspecified atom stereocenters. The Morgan fingerprint density at radius 2 is 2.29 bits per heavy atom. The minimum atomic E-state index is 0.197. The smallest absolute Gasteiger partial charge is 0.222 e. The van der Waals surface area contributed by atoms with Crippen LogP contribution in [-0.2, 0) is 4.79 Å². The van der Waals surface area contributed by atoms with E-state index in [2.05, 4.69) is 6.92 Å². The quantitative estimate of drug-likeness (QED) is 0.646. The fraction of sp³-hybridized carbons (Fsp3) is 0.900. The molecular weight excluding hydrogens is 180 g/mol. The van der Waals surface area contributed by atoms with Gasteiger partial charge in [0.15, 0.2) is 0 Å². The van der Waals surface area contributed by atoms with Crippen LogP contribution < -0.4 is 5.73 Å². The fourth-order valence-electron chi connectivity index (χ4n) is 1.53. The molecule has 1 aliphatic heterocycles. The molecule has 1 heterocycles. The number of carbonyl (C=O) groups is 1. The summed E-state index contributed by atoms with van der Waals surface area (Å²) in [6.07, 6.45) is 1.46. The second kappa shape index (κ2) is 5.32. The Bertz CT molecular complexity index is 191. The average molecular weight is 200 g/mol. The van der Waals surface area contributed by atoms with E-state index in [0.717, 1.165) is 19.5 Å². The van der Waals surface area contributed by atoms with Crippen molar-refractivity contribution in [2.75, 3.05) is 26.2 Å². The van der Waals surface area contributed by atoms with Crippen molar-refractivity contribution in [2.24, 2.45) is 17.6 Å². The average Bonchev–Trinajstić information content (AvgIpc) is 2.12. The van der Waals surface area contributed by atoms with Gasteiger partial charge in [-0.05, 0) is 18.9 Å². The Morgan fingerprint density at radius 1 is 1.64 bits per heavy atom. The maximum atomic E-state index is 11.5. The van der Waals surface area contributed by atoms with Gasteiger partial charge in [0, 0.05) is 32.0 Å². The van der Waals surface area contributed by atoms with E-state index in [-0.39, 0.29) is 12.5 Å². The maximum Gasteiger partial charge on any atom is 0.222 e. The highest BCUT2D eigenvalue weighted by Gasteiger charge is 2.29. The van der Waals surface area contributed by atoms with Crippen molar-refractivity contribution in [3.05, 3.63) is 0 Å². The molecule has 4 heteroatoms. The molecular formula is C10H20N2O2. The summed E-state index contributed by atoms with van der Waals surface area (Å²) in [5.41, 5.74) is 5.47. The molecule has 1 fully saturated rings. The van der Waals surface area contributed by atoms with Gasteiger partial charge in [-0.25, -0.2) is 0 Å². The Balaban J connectivity index is 2.11. The van der Waals surface area contributed by atoms with Crippen molar-refractivity contribution in [3.8, 4) is 0 Å². The molecule has 0 aromatic carbocycles. The monoisotopic (exact) mass is 200 g/mol. The Kier molecular flexibility index (Phi) is 4.35. The van der Waals surface area contributed by atoms with Crippen LogP contribution in [0, 0.1) is 11.8 Å². The summed E-state index contributed by atoms with van der Waals surface area (Å²) in [7, 11) is 0. The summed E-state index contributed by atoms with van der Waals surface area (Å²) >= 11 is 0. The van der Waals surface area contributed by atoms with Crippen LogP contribution in [-0.4, -0.2) is 42.2 Å². The maximum absolute atomic E-state index is 11.5. The zero-order valence-corrected chi connectivity index (χ0v) is 8.78. The predicted octanol–water partition coefficient (Wildman–Crippen LogP) is -0.188. The molecule has 0 spiro atoms. The third-order valence-electron chi connectivity index (χ3n) is 2.82. The highest BCUT2D eigenvalue weighted by molar-refractivity contribution is 5.76. The lowest BCUT2D eigenvalue weighted by atomic mass is 9.99. The van der Waals surface area contributed by atoms with E-state index < -0.39 is 0 Å². The van der Waals surface area contributed by atoms with Gasteiger partial charge in [-0.1, -0.05) is 6.92 Å². The van der Waals surface area contributed by atoms with E-state index in [1.165, 1.54) is 0 Å². The zero-order valence-electron chi connectivity index (χ0n) is 8.78. The molecule has 1 amide bonds. The molecule has 1 saturated heterocycles. The number of carbonyl (C=O) groups excluding carboxylic acids is 1. The lowest BCUT2D eigenvalue weighted by Crippen LogP contribution is -2.51. The van der Waals surface area contributed by atoms with Crippen LogP contribution in [0.25, 0.3) is 0 Å². The summed E-state index contributed by atoms with van der Waals surface area (Å²) in [5.74, 6) is 0.940. The molecule has 0 aliphatic carbocycles. The Labute approximate surface area is 85.1 Å². The van der Waals surface area contributed by atoms with E-state index in [0.29, 0.717) is 24.8 Å². The van der Waals surface area contributed by atoms with Gasteiger partial charge < -0.3 is 15.7 Å². The van der Waals surface area contributed by atoms with E-state index in [9.17, 15) is 4.79 Å². The SMILES string of the molecule is CC(CN)CCC(=O)N1CC(CO)C1. The highest BCUT2D eigenvalue weighted by atomic mass is 16.3. The Hall–Kier alpha value is -0.610. The van der Waals surface area contributed by atoms with Crippen LogP contribution >= 0.6 is 0 Å². The second-order valence-corrected chi connectivity index (χ2v) is 4.23. The number of aliphatic hydroxyl groups is 1. The largest absolute Gasteiger partial charge is 0.396 e. The first kappa shape index (κ1) is 11.5. The molecule has 3 N–H and O–H groups in total. The fourth-order valence-corrected chi connectivity index (χ4v) is 1.53. The molecule has 0 aromatic rings. The van der Waals surface area contributed by atoms with Crippen molar-refractivity contribution < 1.29 is 9.90 Å². The molecule has 0 aromatic heterocycles. The molecule has 1 aliphatic rings. The third-order valence-corrected chi connectivity index (χ3v) is 2.82. The van der Waals surface area contributed by atoms with Crippen LogP contribution in [0.15, 0.2) is 0 Å². The summed E-state index contributed by atoms with van der Waals surface area (Å²) in [6, 6.07) is 0. The first-order valence-electron chi connectivity index (χ1n) is 5.26. The number of amides is 1. The van der Waals surface area contributed by atoms with Crippen LogP contribution in [0.4, 0.5) is 0 Å². The van der Waals surface area contributed by atoms with Crippen molar-refractivity contribution >= 4 is 5.91 Å². The van der Waals surface area contributed by atoms with Crippen molar-refractivity contribution in [1.82, 2.24) is 4.90 Å². The van der Waals surface area contributed by atoms with Gasteiger partial charge in [-0.2, -0.15) is 0 Å². The molecule has 1 rings (SSSR count). The number of nitrogens with zero attached hydrogens (tertiary/aromatic N) is 1. The predicted molar refractivity (Wildman–Crippen MR) is 54.6 cm³/mol. The molecule has 14 heavy (non-hydrogen) atoms. The number of rotatable bonds is 5. The lowest BCUT2D eigenvalue weighted by Gasteiger charge is -2.38. The number of likely N-dealkylation sites (tertiary alicyclic amines) is 1. The van der Waals surface area contributed by atoms with E-state index >= 15 is 0 Å². The van der Waals surface area contributed by atoms with E-state index in [4.69, 9.17) is 10.8 Å². The van der Waals surface area contributed by atoms with Crippen LogP contribution in [0.1, 0.15) is 19.8 Å². The summed E-state index contributed by atoms with van der Waals surface area (Å²) in [4.78, 5) is 13.3. The number of aliphatic hydroxyl groups excluding tert-OH is 1. The summed E-state index contributed by atoms with van der Waals surface area (Å²) in [5, 5.41) is 8.79. The molecule has 0 radical (unpaired) electrons. The number of hydrogen-bond donors (Lipinski definition) is 2. The van der Waals surface area contributed by atoms with Crippen LogP contribution in [0.2, 0.25) is 0 Å². The van der Waals surface area contributed by atoms with Gasteiger partial charge in [0.25, 0.3) is 0 Å². The van der Waals surface area contributed by atoms with Crippen molar-refractivity contribution in [3.63, 3.8) is 0 Å². The second-order valence-electron chi connectivity index (χ2n) is 4.23. The van der Waals surface area contributed by atoms with Crippen LogP contribution in [0.5, 0.6) is 0 Å². The van der Waals surface area contributed by atoms with Gasteiger partial charge >= 0.3 is 0 Å². The normalized spacial score (nSPS) is 19.2. The molecule has 0 bridgehead atoms. The topological polar surface area (TPSA) is 66.6 Å². The molecule has 82 valence electrons. The Morgan fingerprint density at radius 3 is 2.79 bits per heavy atom. The minimum Gasteiger partial charge on any atom is -0.396 e. The van der Waals surface area contributed by atoms with Crippen molar-refractivity contribution in [2.45, 2.75) is 19.8 Å². The van der Waals surface area contributed by atoms with Gasteiger partial charge in [0.1, 0.15) is 0 Å². The van der Waals surface area contributed by atoms with Gasteiger partial charge in [0.2, 0.25) is 5.91 Å². The number of hydrogen-bond acceptors (Lipinski definition) is 3. The lowest BCUT2D eigenvalue weighted by molar-refractivity contribution is -0.138. The van der Waals surface area contributed by atoms with Gasteiger partial charge in [0.05, 0.1) is 0 Å². The first-order chi connectivity index (χ1) is 6.67.